The molecule has 7 nitrogen and oxygen atoms in total. The molecule has 1 aliphatic carbocycles. The van der Waals surface area contributed by atoms with Crippen molar-refractivity contribution in [2.75, 3.05) is 25.1 Å². The van der Waals surface area contributed by atoms with Gasteiger partial charge in [-0.15, -0.1) is 0 Å². The summed E-state index contributed by atoms with van der Waals surface area (Å²) in [6, 6.07) is 13.3. The third kappa shape index (κ3) is 4.78. The molecule has 0 aromatic heterocycles. The average molecular weight is 491 g/mol. The van der Waals surface area contributed by atoms with Crippen molar-refractivity contribution < 1.29 is 18.8 Å². The zero-order chi connectivity index (χ0) is 25.2. The lowest BCUT2D eigenvalue weighted by atomic mass is 9.80. The van der Waals surface area contributed by atoms with Crippen molar-refractivity contribution in [1.29, 1.82) is 0 Å². The first-order valence-corrected chi connectivity index (χ1v) is 12.5. The van der Waals surface area contributed by atoms with Gasteiger partial charge in [-0.2, -0.15) is 0 Å². The summed E-state index contributed by atoms with van der Waals surface area (Å²) >= 11 is 0. The molecule has 2 aromatic rings. The monoisotopic (exact) mass is 490 g/mol. The minimum absolute atomic E-state index is 0.0249. The Kier molecular flexibility index (Phi) is 6.87. The largest absolute Gasteiger partial charge is 0.331 e. The van der Waals surface area contributed by atoms with Crippen LogP contribution in [-0.2, 0) is 16.1 Å². The summed E-state index contributed by atoms with van der Waals surface area (Å²) in [4.78, 5) is 43.7. The van der Waals surface area contributed by atoms with Gasteiger partial charge in [0.1, 0.15) is 5.82 Å². The minimum Gasteiger partial charge on any atom is -0.331 e. The van der Waals surface area contributed by atoms with E-state index in [1.165, 1.54) is 11.1 Å². The number of piperidine rings is 1. The molecule has 2 saturated heterocycles. The molecule has 1 N–H and O–H groups in total. The smallest absolute Gasteiger partial charge is 0.254 e. The zero-order valence-electron chi connectivity index (χ0n) is 20.4. The number of allylic oxidation sites excluding steroid dienone is 2. The second-order valence-corrected chi connectivity index (χ2v) is 9.91. The molecule has 0 spiro atoms. The number of hydrogen-bond donors (Lipinski definition) is 1. The highest BCUT2D eigenvalue weighted by atomic mass is 19.1. The van der Waals surface area contributed by atoms with Crippen LogP contribution in [0.25, 0.3) is 0 Å². The summed E-state index contributed by atoms with van der Waals surface area (Å²) in [6.07, 6.45) is 6.56. The maximum atomic E-state index is 14.5. The second kappa shape index (κ2) is 10.2. The van der Waals surface area contributed by atoms with Crippen LogP contribution in [0.3, 0.4) is 0 Å². The van der Waals surface area contributed by atoms with Crippen molar-refractivity contribution in [3.8, 4) is 0 Å². The quantitative estimate of drug-likeness (QED) is 0.651. The van der Waals surface area contributed by atoms with Gasteiger partial charge in [0.05, 0.1) is 17.5 Å². The van der Waals surface area contributed by atoms with Gasteiger partial charge in [-0.1, -0.05) is 36.4 Å². The molecule has 188 valence electrons. The van der Waals surface area contributed by atoms with Gasteiger partial charge in [-0.05, 0) is 70.1 Å². The molecule has 36 heavy (non-hydrogen) atoms. The number of anilines is 1. The van der Waals surface area contributed by atoms with Gasteiger partial charge in [0.2, 0.25) is 11.8 Å². The number of hydrogen-bond acceptors (Lipinski definition) is 4. The molecule has 2 fully saturated rings. The maximum absolute atomic E-state index is 14.5. The van der Waals surface area contributed by atoms with Gasteiger partial charge in [0.15, 0.2) is 0 Å². The van der Waals surface area contributed by atoms with Crippen LogP contribution >= 0.6 is 0 Å². The molecule has 0 saturated carbocycles. The fraction of sp³-hybridized carbons (Fsp3) is 0.393. The molecule has 0 bridgehead atoms. The van der Waals surface area contributed by atoms with Gasteiger partial charge in [0.25, 0.3) is 5.91 Å². The number of halogens is 1. The fourth-order valence-corrected chi connectivity index (χ4v) is 5.41. The molecular weight excluding hydrogens is 459 g/mol. The molecule has 2 heterocycles. The van der Waals surface area contributed by atoms with E-state index >= 15 is 0 Å². The molecule has 0 radical (unpaired) electrons. The number of hydrazine groups is 1. The molecule has 3 amide bonds. The summed E-state index contributed by atoms with van der Waals surface area (Å²) < 4.78 is 14.5. The summed E-state index contributed by atoms with van der Waals surface area (Å²) in [5, 5.41) is 1.27. The van der Waals surface area contributed by atoms with Crippen LogP contribution in [0.15, 0.2) is 60.7 Å². The average Bonchev–Trinajstić information content (AvgIpc) is 2.91. The Balaban J connectivity index is 1.42. The van der Waals surface area contributed by atoms with Crippen LogP contribution in [0.4, 0.5) is 10.1 Å². The van der Waals surface area contributed by atoms with Crippen LogP contribution in [0, 0.1) is 17.7 Å². The van der Waals surface area contributed by atoms with Crippen LogP contribution < -0.4 is 10.4 Å². The lowest BCUT2D eigenvalue weighted by molar-refractivity contribution is -0.139. The first-order valence-electron chi connectivity index (χ1n) is 12.5. The maximum Gasteiger partial charge on any atom is 0.254 e. The van der Waals surface area contributed by atoms with Gasteiger partial charge in [0, 0.05) is 23.7 Å². The van der Waals surface area contributed by atoms with Crippen molar-refractivity contribution in [1.82, 2.24) is 15.2 Å². The Morgan fingerprint density at radius 1 is 1.03 bits per heavy atom. The van der Waals surface area contributed by atoms with E-state index in [0.29, 0.717) is 29.7 Å². The Hall–Kier alpha value is -3.52. The van der Waals surface area contributed by atoms with Gasteiger partial charge in [-0.25, -0.2) is 9.40 Å². The fourth-order valence-electron chi connectivity index (χ4n) is 5.41. The van der Waals surface area contributed by atoms with Crippen molar-refractivity contribution >= 4 is 23.4 Å². The summed E-state index contributed by atoms with van der Waals surface area (Å²) in [6.45, 7) is 1.88. The van der Waals surface area contributed by atoms with E-state index < -0.39 is 5.92 Å². The number of benzene rings is 2. The van der Waals surface area contributed by atoms with E-state index in [0.717, 1.165) is 25.9 Å². The van der Waals surface area contributed by atoms with E-state index in [9.17, 15) is 18.8 Å². The van der Waals surface area contributed by atoms with Gasteiger partial charge in [-0.3, -0.25) is 19.8 Å². The number of nitrogens with one attached hydrogen (secondary N) is 1. The zero-order valence-corrected chi connectivity index (χ0v) is 20.4. The van der Waals surface area contributed by atoms with E-state index in [4.69, 9.17) is 0 Å². The van der Waals surface area contributed by atoms with Gasteiger partial charge < -0.3 is 9.80 Å². The number of carbonyl (C=O) groups is 3. The molecule has 2 aromatic carbocycles. The Labute approximate surface area is 210 Å². The van der Waals surface area contributed by atoms with Crippen molar-refractivity contribution in [3.63, 3.8) is 0 Å². The standard InChI is InChI=1S/C28H31FN4O3/c1-31-15-13-21(14-16-31)32(18-20-7-2-5-12-25(20)29)27(35)19-8-6-9-22(17-19)33-28(36)24-11-4-3-10-23(24)26(34)30-33/h2-9,12,17,21,23-24H,10-11,13-16,18H2,1H3,(H,30,34). The Bertz CT molecular complexity index is 1190. The molecule has 2 aliphatic heterocycles. The number of fused-ring (bicyclic) bond motifs is 1. The first kappa shape index (κ1) is 24.2. The van der Waals surface area contributed by atoms with E-state index in [2.05, 4.69) is 17.4 Å². The topological polar surface area (TPSA) is 73.0 Å². The second-order valence-electron chi connectivity index (χ2n) is 9.91. The molecule has 3 aliphatic rings. The normalized spacial score (nSPS) is 22.8. The lowest BCUT2D eigenvalue weighted by Crippen LogP contribution is -2.59. The summed E-state index contributed by atoms with van der Waals surface area (Å²) in [7, 11) is 2.05. The highest BCUT2D eigenvalue weighted by molar-refractivity contribution is 6.05. The SMILES string of the molecule is CN1CCC(N(Cc2ccccc2F)C(=O)c2cccc(N3NC(=O)C4CC=CCC4C3=O)c2)CC1. The van der Waals surface area contributed by atoms with Crippen LogP contribution in [0.5, 0.6) is 0 Å². The summed E-state index contributed by atoms with van der Waals surface area (Å²) in [5.41, 5.74) is 4.04. The van der Waals surface area contributed by atoms with Crippen molar-refractivity contribution in [3.05, 3.63) is 77.6 Å². The van der Waals surface area contributed by atoms with E-state index in [-0.39, 0.29) is 42.0 Å². The highest BCUT2D eigenvalue weighted by Crippen LogP contribution is 2.33. The van der Waals surface area contributed by atoms with Gasteiger partial charge >= 0.3 is 0 Å². The number of rotatable bonds is 5. The Morgan fingerprint density at radius 2 is 1.75 bits per heavy atom. The number of amides is 3. The molecular formula is C28H31FN4O3. The first-order chi connectivity index (χ1) is 17.4. The van der Waals surface area contributed by atoms with Crippen molar-refractivity contribution in [2.45, 2.75) is 38.3 Å². The highest BCUT2D eigenvalue weighted by Gasteiger charge is 2.42. The lowest BCUT2D eigenvalue weighted by Gasteiger charge is -2.39. The van der Waals surface area contributed by atoms with Crippen molar-refractivity contribution in [2.24, 2.45) is 11.8 Å². The van der Waals surface area contributed by atoms with Crippen LogP contribution in [-0.4, -0.2) is 53.7 Å². The summed E-state index contributed by atoms with van der Waals surface area (Å²) in [5.74, 6) is -1.68. The molecule has 2 atom stereocenters. The third-order valence-corrected chi connectivity index (χ3v) is 7.57. The van der Waals surface area contributed by atoms with E-state index in [1.807, 2.05) is 12.2 Å². The van der Waals surface area contributed by atoms with Crippen LogP contribution in [0.1, 0.15) is 41.6 Å². The number of likely N-dealkylation sites (tertiary alicyclic amines) is 1. The minimum atomic E-state index is -0.403. The number of nitrogens with zero attached hydrogens (tertiary/aromatic N) is 3. The van der Waals surface area contributed by atoms with E-state index in [1.54, 1.807) is 47.4 Å². The van der Waals surface area contributed by atoms with Crippen LogP contribution in [0.2, 0.25) is 0 Å². The Morgan fingerprint density at radius 3 is 2.50 bits per heavy atom. The predicted molar refractivity (Wildman–Crippen MR) is 134 cm³/mol. The third-order valence-electron chi connectivity index (χ3n) is 7.57. The number of carbonyl (C=O) groups excluding carboxylic acids is 3. The predicted octanol–water partition coefficient (Wildman–Crippen LogP) is 3.52. The molecule has 5 rings (SSSR count). The molecule has 8 heteroatoms. The molecule has 2 unspecified atom stereocenters.